The molecule has 1 aromatic rings. The molecule has 1 aromatic carbocycles. The third kappa shape index (κ3) is 2.02. The van der Waals surface area contributed by atoms with Gasteiger partial charge < -0.3 is 4.90 Å². The number of anilines is 1. The van der Waals surface area contributed by atoms with E-state index in [1.54, 1.807) is 6.07 Å². The minimum atomic E-state index is -0.495. The predicted octanol–water partition coefficient (Wildman–Crippen LogP) is 2.85. The molecule has 0 bridgehead atoms. The lowest BCUT2D eigenvalue weighted by Crippen LogP contribution is -2.38. The number of nitriles is 1. The summed E-state index contributed by atoms with van der Waals surface area (Å²) in [5, 5.41) is 19.8. The van der Waals surface area contributed by atoms with Gasteiger partial charge in [-0.15, -0.1) is 0 Å². The van der Waals surface area contributed by atoms with Crippen LogP contribution in [0.3, 0.4) is 0 Å². The van der Waals surface area contributed by atoms with E-state index >= 15 is 0 Å². The van der Waals surface area contributed by atoms with Crippen molar-refractivity contribution >= 4 is 11.4 Å². The normalized spacial score (nSPS) is 17.5. The van der Waals surface area contributed by atoms with E-state index in [4.69, 9.17) is 5.26 Å². The van der Waals surface area contributed by atoms with E-state index in [9.17, 15) is 10.1 Å². The Labute approximate surface area is 106 Å². The molecule has 1 aliphatic heterocycles. The number of benzene rings is 1. The largest absolute Gasteiger partial charge is 0.366 e. The van der Waals surface area contributed by atoms with Gasteiger partial charge in [0.2, 0.25) is 0 Å². The van der Waals surface area contributed by atoms with Crippen molar-refractivity contribution in [2.45, 2.75) is 32.2 Å². The van der Waals surface area contributed by atoms with Gasteiger partial charge in [0, 0.05) is 23.8 Å². The standard InChI is InChI=1S/C13H15N3O2/c1-13(2)6-3-7-15(13)11-5-4-10(9-14)12(8-11)16(17)18/h4-5,8H,3,6-7H2,1-2H3. The van der Waals surface area contributed by atoms with Crippen LogP contribution in [-0.4, -0.2) is 17.0 Å². The van der Waals surface area contributed by atoms with Crippen molar-refractivity contribution in [1.82, 2.24) is 0 Å². The van der Waals surface area contributed by atoms with Gasteiger partial charge in [-0.25, -0.2) is 0 Å². The molecule has 1 heterocycles. The summed E-state index contributed by atoms with van der Waals surface area (Å²) in [4.78, 5) is 12.6. The molecule has 0 aromatic heterocycles. The van der Waals surface area contributed by atoms with E-state index in [1.165, 1.54) is 12.1 Å². The molecule has 1 fully saturated rings. The second-order valence-corrected chi connectivity index (χ2v) is 5.14. The van der Waals surface area contributed by atoms with Gasteiger partial charge in [-0.1, -0.05) is 0 Å². The third-order valence-electron chi connectivity index (χ3n) is 3.51. The van der Waals surface area contributed by atoms with Crippen LogP contribution in [0.15, 0.2) is 18.2 Å². The second kappa shape index (κ2) is 4.30. The highest BCUT2D eigenvalue weighted by Crippen LogP contribution is 2.35. The van der Waals surface area contributed by atoms with Crippen molar-refractivity contribution in [3.8, 4) is 6.07 Å². The van der Waals surface area contributed by atoms with Crippen molar-refractivity contribution in [2.75, 3.05) is 11.4 Å². The third-order valence-corrected chi connectivity index (χ3v) is 3.51. The molecule has 18 heavy (non-hydrogen) atoms. The SMILES string of the molecule is CC1(C)CCCN1c1ccc(C#N)c([N+](=O)[O-])c1. The first-order valence-corrected chi connectivity index (χ1v) is 5.92. The molecule has 5 nitrogen and oxygen atoms in total. The summed E-state index contributed by atoms with van der Waals surface area (Å²) in [6.07, 6.45) is 2.15. The van der Waals surface area contributed by atoms with Crippen LogP contribution >= 0.6 is 0 Å². The van der Waals surface area contributed by atoms with Crippen LogP contribution in [-0.2, 0) is 0 Å². The van der Waals surface area contributed by atoms with E-state index in [2.05, 4.69) is 18.7 Å². The molecule has 0 saturated carbocycles. The Kier molecular flexibility index (Phi) is 2.95. The molecule has 94 valence electrons. The zero-order chi connectivity index (χ0) is 13.3. The van der Waals surface area contributed by atoms with E-state index < -0.39 is 4.92 Å². The molecule has 0 amide bonds. The van der Waals surface area contributed by atoms with E-state index in [0.717, 1.165) is 25.1 Å². The summed E-state index contributed by atoms with van der Waals surface area (Å²) in [5.41, 5.74) is 0.837. The van der Waals surface area contributed by atoms with Crippen LogP contribution in [0.4, 0.5) is 11.4 Å². The van der Waals surface area contributed by atoms with Crippen molar-refractivity contribution in [3.63, 3.8) is 0 Å². The molecule has 0 radical (unpaired) electrons. The van der Waals surface area contributed by atoms with E-state index in [1.807, 2.05) is 6.07 Å². The van der Waals surface area contributed by atoms with Gasteiger partial charge in [0.25, 0.3) is 5.69 Å². The topological polar surface area (TPSA) is 70.2 Å². The van der Waals surface area contributed by atoms with Gasteiger partial charge in [0.15, 0.2) is 0 Å². The predicted molar refractivity (Wildman–Crippen MR) is 68.5 cm³/mol. The molecule has 0 spiro atoms. The van der Waals surface area contributed by atoms with Gasteiger partial charge in [0.1, 0.15) is 11.6 Å². The number of hydrogen-bond acceptors (Lipinski definition) is 4. The molecule has 1 saturated heterocycles. The molecular weight excluding hydrogens is 230 g/mol. The maximum atomic E-state index is 10.9. The maximum Gasteiger partial charge on any atom is 0.289 e. The Balaban J connectivity index is 2.45. The fraction of sp³-hybridized carbons (Fsp3) is 0.462. The van der Waals surface area contributed by atoms with Gasteiger partial charge in [-0.05, 0) is 38.8 Å². The lowest BCUT2D eigenvalue weighted by molar-refractivity contribution is -0.385. The second-order valence-electron chi connectivity index (χ2n) is 5.14. The first-order valence-electron chi connectivity index (χ1n) is 5.92. The van der Waals surface area contributed by atoms with E-state index in [0.29, 0.717) is 0 Å². The summed E-state index contributed by atoms with van der Waals surface area (Å²) in [7, 11) is 0. The Morgan fingerprint density at radius 3 is 2.72 bits per heavy atom. The maximum absolute atomic E-state index is 10.9. The average Bonchev–Trinajstić information content (AvgIpc) is 2.68. The fourth-order valence-corrected chi connectivity index (χ4v) is 2.52. The van der Waals surface area contributed by atoms with Crippen LogP contribution in [0.1, 0.15) is 32.3 Å². The molecule has 0 atom stereocenters. The Bertz CT molecular complexity index is 532. The Morgan fingerprint density at radius 2 is 2.22 bits per heavy atom. The highest BCUT2D eigenvalue weighted by molar-refractivity contribution is 5.61. The number of nitro groups is 1. The molecular formula is C13H15N3O2. The van der Waals surface area contributed by atoms with Gasteiger partial charge >= 0.3 is 0 Å². The number of nitro benzene ring substituents is 1. The fourth-order valence-electron chi connectivity index (χ4n) is 2.52. The van der Waals surface area contributed by atoms with Crippen molar-refractivity contribution in [2.24, 2.45) is 0 Å². The van der Waals surface area contributed by atoms with Crippen LogP contribution in [0.2, 0.25) is 0 Å². The van der Waals surface area contributed by atoms with Crippen LogP contribution < -0.4 is 4.90 Å². The summed E-state index contributed by atoms with van der Waals surface area (Å²) in [6, 6.07) is 6.68. The number of nitrogens with zero attached hydrogens (tertiary/aromatic N) is 3. The van der Waals surface area contributed by atoms with Crippen LogP contribution in [0.5, 0.6) is 0 Å². The lowest BCUT2D eigenvalue weighted by atomic mass is 10.0. The quantitative estimate of drug-likeness (QED) is 0.593. The highest BCUT2D eigenvalue weighted by Gasteiger charge is 2.32. The zero-order valence-corrected chi connectivity index (χ0v) is 10.5. The molecule has 1 aliphatic rings. The average molecular weight is 245 g/mol. The number of rotatable bonds is 2. The van der Waals surface area contributed by atoms with Gasteiger partial charge in [0.05, 0.1) is 4.92 Å². The monoisotopic (exact) mass is 245 g/mol. The molecule has 0 aliphatic carbocycles. The minimum absolute atomic E-state index is 0.0159. The van der Waals surface area contributed by atoms with Crippen molar-refractivity contribution in [1.29, 1.82) is 5.26 Å². The summed E-state index contributed by atoms with van der Waals surface area (Å²) < 4.78 is 0. The first kappa shape index (κ1) is 12.4. The highest BCUT2D eigenvalue weighted by atomic mass is 16.6. The van der Waals surface area contributed by atoms with Crippen LogP contribution in [0.25, 0.3) is 0 Å². The lowest BCUT2D eigenvalue weighted by Gasteiger charge is -2.33. The zero-order valence-electron chi connectivity index (χ0n) is 10.5. The number of hydrogen-bond donors (Lipinski definition) is 0. The summed E-state index contributed by atoms with van der Waals surface area (Å²) >= 11 is 0. The Hall–Kier alpha value is -2.09. The van der Waals surface area contributed by atoms with Crippen molar-refractivity contribution < 1.29 is 4.92 Å². The smallest absolute Gasteiger partial charge is 0.289 e. The first-order chi connectivity index (χ1) is 8.45. The molecule has 2 rings (SSSR count). The van der Waals surface area contributed by atoms with Gasteiger partial charge in [-0.3, -0.25) is 10.1 Å². The van der Waals surface area contributed by atoms with Crippen molar-refractivity contribution in [3.05, 3.63) is 33.9 Å². The molecule has 0 unspecified atom stereocenters. The summed E-state index contributed by atoms with van der Waals surface area (Å²) in [6.45, 7) is 5.16. The van der Waals surface area contributed by atoms with E-state index in [-0.39, 0.29) is 16.8 Å². The summed E-state index contributed by atoms with van der Waals surface area (Å²) in [5.74, 6) is 0. The van der Waals surface area contributed by atoms with Gasteiger partial charge in [-0.2, -0.15) is 5.26 Å². The molecule has 5 heteroatoms. The molecule has 0 N–H and O–H groups in total. The minimum Gasteiger partial charge on any atom is -0.366 e. The van der Waals surface area contributed by atoms with Crippen LogP contribution in [0, 0.1) is 21.4 Å². The Morgan fingerprint density at radius 1 is 1.50 bits per heavy atom.